The molecule has 0 aromatic carbocycles. The summed E-state index contributed by atoms with van der Waals surface area (Å²) in [6, 6.07) is 0.560. The molecule has 0 spiro atoms. The van der Waals surface area contributed by atoms with Gasteiger partial charge in [-0.3, -0.25) is 0 Å². The first-order valence-corrected chi connectivity index (χ1v) is 4.27. The maximum atomic E-state index is 8.70. The van der Waals surface area contributed by atoms with Crippen LogP contribution in [0, 0.1) is 5.92 Å². The van der Waals surface area contributed by atoms with Crippen molar-refractivity contribution in [1.29, 1.82) is 0 Å². The van der Waals surface area contributed by atoms with Gasteiger partial charge in [0.2, 0.25) is 0 Å². The third-order valence-electron chi connectivity index (χ3n) is 2.29. The van der Waals surface area contributed by atoms with Crippen molar-refractivity contribution in [2.24, 2.45) is 5.92 Å². The van der Waals surface area contributed by atoms with Crippen molar-refractivity contribution in [1.82, 2.24) is 5.32 Å². The zero-order valence-corrected chi connectivity index (χ0v) is 7.14. The number of aliphatic hydroxyl groups is 1. The molecule has 0 aromatic heterocycles. The Bertz CT molecular complexity index is 144. The molecule has 2 N–H and O–H groups in total. The summed E-state index contributed by atoms with van der Waals surface area (Å²) in [5.74, 6) is 0.832. The summed E-state index contributed by atoms with van der Waals surface area (Å²) in [6.07, 6.45) is 3.75. The molecule has 64 valence electrons. The topological polar surface area (TPSA) is 32.3 Å². The zero-order chi connectivity index (χ0) is 8.27. The van der Waals surface area contributed by atoms with Gasteiger partial charge < -0.3 is 10.4 Å². The first-order valence-electron chi connectivity index (χ1n) is 4.27. The molecule has 2 heteroatoms. The summed E-state index contributed by atoms with van der Waals surface area (Å²) in [5.41, 5.74) is 0.754. The van der Waals surface area contributed by atoms with Gasteiger partial charge in [0.05, 0.1) is 6.61 Å². The predicted molar refractivity (Wildman–Crippen MR) is 46.2 cm³/mol. The van der Waals surface area contributed by atoms with Gasteiger partial charge >= 0.3 is 0 Å². The van der Waals surface area contributed by atoms with Gasteiger partial charge in [-0.05, 0) is 25.2 Å². The molecule has 1 fully saturated rings. The van der Waals surface area contributed by atoms with Gasteiger partial charge in [0.25, 0.3) is 0 Å². The minimum atomic E-state index is 0.0604. The Labute approximate surface area is 68.3 Å². The zero-order valence-electron chi connectivity index (χ0n) is 7.14. The van der Waals surface area contributed by atoms with Crippen LogP contribution in [0.5, 0.6) is 0 Å². The molecule has 2 atom stereocenters. The lowest BCUT2D eigenvalue weighted by Crippen LogP contribution is -2.26. The van der Waals surface area contributed by atoms with Crippen LogP contribution in [0.3, 0.4) is 0 Å². The van der Waals surface area contributed by atoms with Crippen molar-refractivity contribution in [2.45, 2.75) is 32.2 Å². The minimum Gasteiger partial charge on any atom is -0.390 e. The third-order valence-corrected chi connectivity index (χ3v) is 2.29. The lowest BCUT2D eigenvalue weighted by molar-refractivity contribution is 0.316. The Hall–Kier alpha value is -0.500. The lowest BCUT2D eigenvalue weighted by Gasteiger charge is -2.13. The molecule has 11 heavy (non-hydrogen) atoms. The fourth-order valence-corrected chi connectivity index (χ4v) is 1.67. The molecule has 2 nitrogen and oxygen atoms in total. The van der Waals surface area contributed by atoms with E-state index in [0.29, 0.717) is 6.04 Å². The minimum absolute atomic E-state index is 0.0604. The van der Waals surface area contributed by atoms with E-state index in [2.05, 4.69) is 18.8 Å². The molecular weight excluding hydrogens is 138 g/mol. The molecule has 1 aliphatic carbocycles. The van der Waals surface area contributed by atoms with Crippen LogP contribution >= 0.6 is 0 Å². The van der Waals surface area contributed by atoms with Gasteiger partial charge in [0.15, 0.2) is 0 Å². The van der Waals surface area contributed by atoms with Crippen LogP contribution in [0.1, 0.15) is 26.2 Å². The van der Waals surface area contributed by atoms with Crippen molar-refractivity contribution in [3.63, 3.8) is 0 Å². The van der Waals surface area contributed by atoms with Gasteiger partial charge in [-0.1, -0.05) is 13.5 Å². The van der Waals surface area contributed by atoms with E-state index in [1.54, 1.807) is 0 Å². The van der Waals surface area contributed by atoms with E-state index in [0.717, 1.165) is 11.6 Å². The van der Waals surface area contributed by atoms with Crippen LogP contribution in [0.15, 0.2) is 12.3 Å². The highest BCUT2D eigenvalue weighted by atomic mass is 16.3. The van der Waals surface area contributed by atoms with E-state index >= 15 is 0 Å². The van der Waals surface area contributed by atoms with E-state index in [1.807, 2.05) is 0 Å². The molecule has 0 aliphatic heterocycles. The van der Waals surface area contributed by atoms with E-state index in [-0.39, 0.29) is 6.61 Å². The highest BCUT2D eigenvalue weighted by molar-refractivity contribution is 4.95. The number of rotatable bonds is 3. The average Bonchev–Trinajstić information content (AvgIpc) is 2.35. The van der Waals surface area contributed by atoms with Crippen LogP contribution in [0.25, 0.3) is 0 Å². The average molecular weight is 155 g/mol. The van der Waals surface area contributed by atoms with Gasteiger partial charge in [-0.15, -0.1) is 0 Å². The molecule has 1 saturated carbocycles. The quantitative estimate of drug-likeness (QED) is 0.643. The summed E-state index contributed by atoms with van der Waals surface area (Å²) < 4.78 is 0. The van der Waals surface area contributed by atoms with Gasteiger partial charge in [0.1, 0.15) is 0 Å². The molecule has 0 radical (unpaired) electrons. The lowest BCUT2D eigenvalue weighted by atomic mass is 10.1. The predicted octanol–water partition coefficient (Wildman–Crippen LogP) is 1.27. The van der Waals surface area contributed by atoms with Crippen LogP contribution in [0.2, 0.25) is 0 Å². The Morgan fingerprint density at radius 2 is 2.36 bits per heavy atom. The van der Waals surface area contributed by atoms with E-state index in [9.17, 15) is 0 Å². The molecule has 1 rings (SSSR count). The Morgan fingerprint density at radius 1 is 1.64 bits per heavy atom. The maximum Gasteiger partial charge on any atom is 0.0821 e. The Balaban J connectivity index is 2.23. The monoisotopic (exact) mass is 155 g/mol. The number of nitrogens with one attached hydrogen (secondary N) is 1. The van der Waals surface area contributed by atoms with Crippen molar-refractivity contribution in [3.8, 4) is 0 Å². The van der Waals surface area contributed by atoms with Gasteiger partial charge in [-0.2, -0.15) is 0 Å². The van der Waals surface area contributed by atoms with Crippen LogP contribution in [-0.2, 0) is 0 Å². The summed E-state index contributed by atoms with van der Waals surface area (Å²) in [4.78, 5) is 0. The van der Waals surface area contributed by atoms with Crippen LogP contribution < -0.4 is 5.32 Å². The summed E-state index contributed by atoms with van der Waals surface area (Å²) in [6.45, 7) is 6.03. The van der Waals surface area contributed by atoms with Crippen LogP contribution in [0.4, 0.5) is 0 Å². The van der Waals surface area contributed by atoms with Gasteiger partial charge in [0, 0.05) is 11.7 Å². The maximum absolute atomic E-state index is 8.70. The SMILES string of the molecule is C=C(CO)NC1CC[C@H](C)C1. The second kappa shape index (κ2) is 3.77. The number of hydrogen-bond donors (Lipinski definition) is 2. The summed E-state index contributed by atoms with van der Waals surface area (Å²) in [5, 5.41) is 11.9. The largest absolute Gasteiger partial charge is 0.390 e. The molecule has 1 unspecified atom stereocenters. The fourth-order valence-electron chi connectivity index (χ4n) is 1.67. The number of aliphatic hydroxyl groups excluding tert-OH is 1. The van der Waals surface area contributed by atoms with Crippen molar-refractivity contribution < 1.29 is 5.11 Å². The fraction of sp³-hybridized carbons (Fsp3) is 0.778. The van der Waals surface area contributed by atoms with E-state index in [4.69, 9.17) is 5.11 Å². The molecule has 0 bridgehead atoms. The van der Waals surface area contributed by atoms with Crippen LogP contribution in [-0.4, -0.2) is 17.8 Å². The molecule has 0 amide bonds. The molecular formula is C9H17NO. The number of hydrogen-bond acceptors (Lipinski definition) is 2. The second-order valence-electron chi connectivity index (χ2n) is 3.52. The van der Waals surface area contributed by atoms with E-state index < -0.39 is 0 Å². The molecule has 0 aromatic rings. The molecule has 1 aliphatic rings. The highest BCUT2D eigenvalue weighted by Crippen LogP contribution is 2.24. The molecule has 0 heterocycles. The third kappa shape index (κ3) is 2.54. The van der Waals surface area contributed by atoms with Gasteiger partial charge in [-0.25, -0.2) is 0 Å². The van der Waals surface area contributed by atoms with Crippen molar-refractivity contribution >= 4 is 0 Å². The Kier molecular flexibility index (Phi) is 2.94. The first kappa shape index (κ1) is 8.60. The van der Waals surface area contributed by atoms with Crippen molar-refractivity contribution in [2.75, 3.05) is 6.61 Å². The normalized spacial score (nSPS) is 30.4. The standard InChI is InChI=1S/C9H17NO/c1-7-3-4-9(5-7)10-8(2)6-11/h7,9-11H,2-6H2,1H3/t7-,9?/m0/s1. The first-order chi connectivity index (χ1) is 5.22. The second-order valence-corrected chi connectivity index (χ2v) is 3.52. The van der Waals surface area contributed by atoms with E-state index in [1.165, 1.54) is 19.3 Å². The Morgan fingerprint density at radius 3 is 2.82 bits per heavy atom. The smallest absolute Gasteiger partial charge is 0.0821 e. The highest BCUT2D eigenvalue weighted by Gasteiger charge is 2.20. The molecule has 0 saturated heterocycles. The summed E-state index contributed by atoms with van der Waals surface area (Å²) in [7, 11) is 0. The summed E-state index contributed by atoms with van der Waals surface area (Å²) >= 11 is 0. The van der Waals surface area contributed by atoms with Crippen molar-refractivity contribution in [3.05, 3.63) is 12.3 Å².